The van der Waals surface area contributed by atoms with Crippen molar-refractivity contribution in [2.24, 2.45) is 0 Å². The second-order valence-electron chi connectivity index (χ2n) is 10.2. The Kier molecular flexibility index (Phi) is 6.70. The highest BCUT2D eigenvalue weighted by atomic mass is 32.2. The standard InChI is InChI=1S/C29H31FN2O3S/c1-21-4-2-3-5-28(21)23-16-18-32(19-17-23,29(33)31-25-10-11-25)20-22-6-12-26(13-7-22)36(34,35)27-14-8-24(30)9-15-27/h2-9,12-15,23,25H,10-11,16-20H2,1H3/p+1. The zero-order chi connectivity index (χ0) is 25.3. The summed E-state index contributed by atoms with van der Waals surface area (Å²) in [4.78, 5) is 13.7. The van der Waals surface area contributed by atoms with E-state index >= 15 is 0 Å². The van der Waals surface area contributed by atoms with Gasteiger partial charge in [-0.3, -0.25) is 0 Å². The number of aryl methyl sites for hydroxylation is 1. The smallest absolute Gasteiger partial charge is 0.303 e. The molecule has 5 rings (SSSR count). The van der Waals surface area contributed by atoms with Crippen molar-refractivity contribution < 1.29 is 22.1 Å². The Morgan fingerprint density at radius 3 is 2.06 bits per heavy atom. The number of urea groups is 1. The van der Waals surface area contributed by atoms with Gasteiger partial charge in [0.25, 0.3) is 0 Å². The van der Waals surface area contributed by atoms with Crippen LogP contribution in [-0.4, -0.2) is 38.1 Å². The average molecular weight is 508 g/mol. The number of hydrogen-bond acceptors (Lipinski definition) is 3. The summed E-state index contributed by atoms with van der Waals surface area (Å²) in [5.41, 5.74) is 3.59. The Hall–Kier alpha value is -3.03. The summed E-state index contributed by atoms with van der Waals surface area (Å²) in [6.07, 6.45) is 3.93. The number of sulfone groups is 1. The lowest BCUT2D eigenvalue weighted by molar-refractivity contribution is -0.869. The monoisotopic (exact) mass is 507 g/mol. The topological polar surface area (TPSA) is 63.2 Å². The van der Waals surface area contributed by atoms with Gasteiger partial charge in [-0.25, -0.2) is 22.1 Å². The van der Waals surface area contributed by atoms with Crippen molar-refractivity contribution >= 4 is 15.9 Å². The van der Waals surface area contributed by atoms with Crippen LogP contribution in [0.15, 0.2) is 82.6 Å². The molecule has 2 aliphatic rings. The molecule has 3 aromatic carbocycles. The first-order valence-corrected chi connectivity index (χ1v) is 14.1. The highest BCUT2D eigenvalue weighted by Crippen LogP contribution is 2.35. The summed E-state index contributed by atoms with van der Waals surface area (Å²) in [6, 6.07) is 20.5. The molecule has 0 aromatic heterocycles. The van der Waals surface area contributed by atoms with Crippen LogP contribution in [-0.2, 0) is 16.4 Å². The van der Waals surface area contributed by atoms with Gasteiger partial charge in [-0.15, -0.1) is 0 Å². The molecule has 1 saturated carbocycles. The van der Waals surface area contributed by atoms with E-state index < -0.39 is 15.7 Å². The molecule has 1 saturated heterocycles. The van der Waals surface area contributed by atoms with Crippen molar-refractivity contribution in [3.63, 3.8) is 0 Å². The van der Waals surface area contributed by atoms with Gasteiger partial charge in [0.1, 0.15) is 12.4 Å². The highest BCUT2D eigenvalue weighted by molar-refractivity contribution is 7.91. The Labute approximate surface area is 212 Å². The summed E-state index contributed by atoms with van der Waals surface area (Å²) < 4.78 is 39.5. The lowest BCUT2D eigenvalue weighted by Crippen LogP contribution is -2.60. The third-order valence-electron chi connectivity index (χ3n) is 7.62. The lowest BCUT2D eigenvalue weighted by atomic mass is 9.85. The minimum Gasteiger partial charge on any atom is -0.303 e. The van der Waals surface area contributed by atoms with Crippen LogP contribution < -0.4 is 5.32 Å². The van der Waals surface area contributed by atoms with Gasteiger partial charge in [0.2, 0.25) is 9.84 Å². The van der Waals surface area contributed by atoms with Crippen molar-refractivity contribution in [2.75, 3.05) is 13.1 Å². The first-order valence-electron chi connectivity index (χ1n) is 12.6. The molecule has 36 heavy (non-hydrogen) atoms. The van der Waals surface area contributed by atoms with Gasteiger partial charge in [-0.05, 0) is 73.2 Å². The largest absolute Gasteiger partial charge is 0.417 e. The summed E-state index contributed by atoms with van der Waals surface area (Å²) in [5.74, 6) is -0.0385. The van der Waals surface area contributed by atoms with Crippen molar-refractivity contribution in [3.05, 3.63) is 95.3 Å². The maximum Gasteiger partial charge on any atom is 0.417 e. The number of quaternary nitrogens is 1. The molecule has 1 N–H and O–H groups in total. The summed E-state index contributed by atoms with van der Waals surface area (Å²) in [6.45, 7) is 4.16. The van der Waals surface area contributed by atoms with Crippen molar-refractivity contribution in [2.45, 2.75) is 60.9 Å². The van der Waals surface area contributed by atoms with Crippen molar-refractivity contribution in [1.82, 2.24) is 5.32 Å². The zero-order valence-electron chi connectivity index (χ0n) is 20.5. The number of carbonyl (C=O) groups excluding carboxylic acids is 1. The van der Waals surface area contributed by atoms with Crippen LogP contribution >= 0.6 is 0 Å². The van der Waals surface area contributed by atoms with Gasteiger partial charge in [-0.1, -0.05) is 36.4 Å². The maximum atomic E-state index is 13.5. The lowest BCUT2D eigenvalue weighted by Gasteiger charge is -2.41. The molecule has 188 valence electrons. The van der Waals surface area contributed by atoms with Crippen LogP contribution in [0.2, 0.25) is 0 Å². The molecule has 5 nitrogen and oxygen atoms in total. The number of nitrogens with one attached hydrogen (secondary N) is 1. The molecule has 7 heteroatoms. The van der Waals surface area contributed by atoms with E-state index in [1.54, 1.807) is 24.3 Å². The molecule has 2 fully saturated rings. The molecular formula is C29H32FN2O3S+. The fraction of sp³-hybridized carbons (Fsp3) is 0.345. The highest BCUT2D eigenvalue weighted by Gasteiger charge is 2.43. The Morgan fingerprint density at radius 1 is 0.889 bits per heavy atom. The van der Waals surface area contributed by atoms with Gasteiger partial charge in [0.15, 0.2) is 0 Å². The second kappa shape index (κ2) is 9.79. The van der Waals surface area contributed by atoms with E-state index in [1.165, 1.54) is 23.3 Å². The van der Waals surface area contributed by atoms with Gasteiger partial charge >= 0.3 is 6.03 Å². The number of benzene rings is 3. The zero-order valence-corrected chi connectivity index (χ0v) is 21.3. The molecule has 0 bridgehead atoms. The van der Waals surface area contributed by atoms with E-state index in [0.29, 0.717) is 16.9 Å². The summed E-state index contributed by atoms with van der Waals surface area (Å²) in [7, 11) is -3.74. The van der Waals surface area contributed by atoms with Crippen LogP contribution in [0.3, 0.4) is 0 Å². The quantitative estimate of drug-likeness (QED) is 0.342. The van der Waals surface area contributed by atoms with E-state index in [1.807, 2.05) is 0 Å². The molecule has 1 aliphatic carbocycles. The number of halogens is 1. The third kappa shape index (κ3) is 5.08. The molecule has 3 aromatic rings. The van der Waals surface area contributed by atoms with E-state index in [4.69, 9.17) is 0 Å². The van der Waals surface area contributed by atoms with Crippen LogP contribution in [0.5, 0.6) is 0 Å². The molecule has 1 heterocycles. The van der Waals surface area contributed by atoms with Crippen LogP contribution in [0.1, 0.15) is 48.3 Å². The SMILES string of the molecule is Cc1ccccc1C1CC[N+](Cc2ccc(S(=O)(=O)c3ccc(F)cc3)cc2)(C(=O)NC2CC2)CC1. The Balaban J connectivity index is 1.35. The molecule has 1 aliphatic heterocycles. The van der Waals surface area contributed by atoms with E-state index in [0.717, 1.165) is 56.5 Å². The number of hydrogen-bond donors (Lipinski definition) is 1. The minimum atomic E-state index is -3.74. The van der Waals surface area contributed by atoms with E-state index in [2.05, 4.69) is 36.5 Å². The van der Waals surface area contributed by atoms with Crippen LogP contribution in [0, 0.1) is 12.7 Å². The first kappa shape index (κ1) is 24.7. The molecule has 0 unspecified atom stereocenters. The van der Waals surface area contributed by atoms with Crippen LogP contribution in [0.4, 0.5) is 9.18 Å². The molecule has 0 atom stereocenters. The van der Waals surface area contributed by atoms with Crippen LogP contribution in [0.25, 0.3) is 0 Å². The fourth-order valence-electron chi connectivity index (χ4n) is 5.26. The minimum absolute atomic E-state index is 0.0576. The second-order valence-corrected chi connectivity index (χ2v) is 12.2. The number of likely N-dealkylation sites (tertiary alicyclic amines) is 1. The molecule has 2 amide bonds. The number of nitrogens with zero attached hydrogens (tertiary/aromatic N) is 1. The molecular weight excluding hydrogens is 475 g/mol. The number of carbonyl (C=O) groups is 1. The third-order valence-corrected chi connectivity index (χ3v) is 9.40. The van der Waals surface area contributed by atoms with E-state index in [9.17, 15) is 17.6 Å². The van der Waals surface area contributed by atoms with Gasteiger partial charge in [-0.2, -0.15) is 0 Å². The summed E-state index contributed by atoms with van der Waals surface area (Å²) in [5, 5.41) is 3.22. The average Bonchev–Trinajstić information content (AvgIpc) is 3.70. The molecule has 0 spiro atoms. The van der Waals surface area contributed by atoms with Crippen molar-refractivity contribution in [1.29, 1.82) is 0 Å². The summed E-state index contributed by atoms with van der Waals surface area (Å²) >= 11 is 0. The first-order chi connectivity index (χ1) is 17.3. The fourth-order valence-corrected chi connectivity index (χ4v) is 6.52. The number of amides is 2. The molecule has 0 radical (unpaired) electrons. The number of rotatable bonds is 6. The van der Waals surface area contributed by atoms with Gasteiger partial charge in [0.05, 0.1) is 22.9 Å². The Morgan fingerprint density at radius 2 is 1.47 bits per heavy atom. The predicted molar refractivity (Wildman–Crippen MR) is 137 cm³/mol. The number of piperidine rings is 1. The van der Waals surface area contributed by atoms with Gasteiger partial charge < -0.3 is 5.32 Å². The van der Waals surface area contributed by atoms with Crippen molar-refractivity contribution in [3.8, 4) is 0 Å². The predicted octanol–water partition coefficient (Wildman–Crippen LogP) is 5.73. The Bertz CT molecular complexity index is 1340. The maximum absolute atomic E-state index is 13.5. The van der Waals surface area contributed by atoms with Gasteiger partial charge in [0, 0.05) is 24.4 Å². The van der Waals surface area contributed by atoms with E-state index in [-0.39, 0.29) is 21.9 Å². The normalized spacial score (nSPS) is 22.2.